The predicted octanol–water partition coefficient (Wildman–Crippen LogP) is 3.89. The van der Waals surface area contributed by atoms with Crippen molar-refractivity contribution < 1.29 is 13.2 Å². The zero-order valence-electron chi connectivity index (χ0n) is 9.95. The molecule has 0 radical (unpaired) electrons. The molecule has 4 heteroatoms. The summed E-state index contributed by atoms with van der Waals surface area (Å²) in [5, 5.41) is 3.26. The molecule has 0 saturated heterocycles. The second-order valence-electron chi connectivity index (χ2n) is 4.76. The fourth-order valence-electron chi connectivity index (χ4n) is 2.35. The number of alkyl halides is 3. The van der Waals surface area contributed by atoms with Gasteiger partial charge in [0.1, 0.15) is 0 Å². The molecular weight excluding hydrogens is 215 g/mol. The molecule has 1 aliphatic rings. The van der Waals surface area contributed by atoms with Gasteiger partial charge in [0.25, 0.3) is 0 Å². The fraction of sp³-hybridized carbons (Fsp3) is 1.00. The largest absolute Gasteiger partial charge is 0.391 e. The van der Waals surface area contributed by atoms with Crippen molar-refractivity contribution in [2.45, 2.75) is 64.1 Å². The maximum atomic E-state index is 12.5. The van der Waals surface area contributed by atoms with Gasteiger partial charge in [-0.1, -0.05) is 26.2 Å². The van der Waals surface area contributed by atoms with E-state index in [4.69, 9.17) is 0 Å². The maximum absolute atomic E-state index is 12.5. The maximum Gasteiger partial charge on any atom is 0.391 e. The molecule has 1 nitrogen and oxygen atoms in total. The zero-order valence-corrected chi connectivity index (χ0v) is 9.95. The number of unbranched alkanes of at least 4 members (excludes halogenated alkanes) is 2. The highest BCUT2D eigenvalue weighted by Crippen LogP contribution is 2.37. The van der Waals surface area contributed by atoms with E-state index in [0.717, 1.165) is 32.2 Å². The van der Waals surface area contributed by atoms with Gasteiger partial charge < -0.3 is 5.32 Å². The van der Waals surface area contributed by atoms with Crippen molar-refractivity contribution in [2.24, 2.45) is 5.92 Å². The lowest BCUT2D eigenvalue weighted by atomic mass is 9.85. The van der Waals surface area contributed by atoms with Gasteiger partial charge in [0.05, 0.1) is 5.92 Å². The number of halogens is 3. The average Bonchev–Trinajstić information content (AvgIpc) is 2.24. The van der Waals surface area contributed by atoms with E-state index in [9.17, 15) is 13.2 Å². The van der Waals surface area contributed by atoms with E-state index in [1.165, 1.54) is 0 Å². The third kappa shape index (κ3) is 4.73. The van der Waals surface area contributed by atoms with Gasteiger partial charge >= 0.3 is 6.18 Å². The Morgan fingerprint density at radius 3 is 2.56 bits per heavy atom. The lowest BCUT2D eigenvalue weighted by molar-refractivity contribution is -0.183. The van der Waals surface area contributed by atoms with Crippen LogP contribution in [-0.2, 0) is 0 Å². The highest BCUT2D eigenvalue weighted by molar-refractivity contribution is 4.81. The van der Waals surface area contributed by atoms with Crippen LogP contribution in [0.3, 0.4) is 0 Å². The molecule has 1 rings (SSSR count). The Labute approximate surface area is 95.8 Å². The number of hydrogen-bond donors (Lipinski definition) is 1. The first kappa shape index (κ1) is 13.8. The van der Waals surface area contributed by atoms with Crippen LogP contribution in [0, 0.1) is 5.92 Å². The normalized spacial score (nSPS) is 27.0. The van der Waals surface area contributed by atoms with Crippen LogP contribution in [0.2, 0.25) is 0 Å². The Morgan fingerprint density at radius 2 is 1.94 bits per heavy atom. The van der Waals surface area contributed by atoms with Crippen LogP contribution >= 0.6 is 0 Å². The first-order chi connectivity index (χ1) is 7.54. The summed E-state index contributed by atoms with van der Waals surface area (Å²) < 4.78 is 37.6. The standard InChI is InChI=1S/C12H22F3N/c1-2-3-4-8-16-11-7-5-6-10(9-11)12(13,14)15/h10-11,16H,2-9H2,1H3. The van der Waals surface area contributed by atoms with E-state index in [1.54, 1.807) is 0 Å². The highest BCUT2D eigenvalue weighted by Gasteiger charge is 2.41. The van der Waals surface area contributed by atoms with Crippen LogP contribution in [0.5, 0.6) is 0 Å². The van der Waals surface area contributed by atoms with Gasteiger partial charge in [-0.05, 0) is 32.2 Å². The molecule has 0 aromatic rings. The summed E-state index contributed by atoms with van der Waals surface area (Å²) in [7, 11) is 0. The molecule has 2 atom stereocenters. The van der Waals surface area contributed by atoms with Crippen LogP contribution in [0.15, 0.2) is 0 Å². The first-order valence-electron chi connectivity index (χ1n) is 6.34. The van der Waals surface area contributed by atoms with Crippen molar-refractivity contribution >= 4 is 0 Å². The summed E-state index contributed by atoms with van der Waals surface area (Å²) >= 11 is 0. The molecule has 0 aliphatic heterocycles. The third-order valence-electron chi connectivity index (χ3n) is 3.35. The lowest BCUT2D eigenvalue weighted by Gasteiger charge is -2.31. The number of rotatable bonds is 5. The Morgan fingerprint density at radius 1 is 1.19 bits per heavy atom. The topological polar surface area (TPSA) is 12.0 Å². The summed E-state index contributed by atoms with van der Waals surface area (Å²) in [6.07, 6.45) is 1.58. The molecule has 1 N–H and O–H groups in total. The molecule has 1 aliphatic carbocycles. The second kappa shape index (κ2) is 6.48. The number of nitrogens with one attached hydrogen (secondary N) is 1. The van der Waals surface area contributed by atoms with E-state index in [-0.39, 0.29) is 12.5 Å². The van der Waals surface area contributed by atoms with E-state index in [1.807, 2.05) is 0 Å². The van der Waals surface area contributed by atoms with Gasteiger partial charge in [-0.15, -0.1) is 0 Å². The van der Waals surface area contributed by atoms with Crippen molar-refractivity contribution in [2.75, 3.05) is 6.54 Å². The van der Waals surface area contributed by atoms with Crippen molar-refractivity contribution in [1.82, 2.24) is 5.32 Å². The molecule has 0 spiro atoms. The Balaban J connectivity index is 2.23. The van der Waals surface area contributed by atoms with Gasteiger partial charge in [-0.3, -0.25) is 0 Å². The second-order valence-corrected chi connectivity index (χ2v) is 4.76. The summed E-state index contributed by atoms with van der Waals surface area (Å²) in [5.41, 5.74) is 0. The SMILES string of the molecule is CCCCCNC1CCCC(C(F)(F)F)C1. The molecular formula is C12H22F3N. The van der Waals surface area contributed by atoms with Crippen molar-refractivity contribution in [1.29, 1.82) is 0 Å². The van der Waals surface area contributed by atoms with Crippen LogP contribution in [0.25, 0.3) is 0 Å². The molecule has 1 fully saturated rings. The minimum absolute atomic E-state index is 0.0808. The molecule has 0 amide bonds. The van der Waals surface area contributed by atoms with Crippen LogP contribution in [0.4, 0.5) is 13.2 Å². The van der Waals surface area contributed by atoms with Gasteiger partial charge in [0.15, 0.2) is 0 Å². The summed E-state index contributed by atoms with van der Waals surface area (Å²) in [5.74, 6) is -1.08. The van der Waals surface area contributed by atoms with Crippen molar-refractivity contribution in [3.05, 3.63) is 0 Å². The van der Waals surface area contributed by atoms with Crippen LogP contribution < -0.4 is 5.32 Å². The molecule has 0 aromatic carbocycles. The smallest absolute Gasteiger partial charge is 0.314 e. The molecule has 96 valence electrons. The molecule has 16 heavy (non-hydrogen) atoms. The minimum Gasteiger partial charge on any atom is -0.314 e. The molecule has 0 bridgehead atoms. The van der Waals surface area contributed by atoms with Crippen molar-refractivity contribution in [3.8, 4) is 0 Å². The van der Waals surface area contributed by atoms with Gasteiger partial charge in [0, 0.05) is 6.04 Å². The quantitative estimate of drug-likeness (QED) is 0.715. The summed E-state index contributed by atoms with van der Waals surface area (Å²) in [4.78, 5) is 0. The Hall–Kier alpha value is -0.250. The predicted molar refractivity (Wildman–Crippen MR) is 59.3 cm³/mol. The monoisotopic (exact) mass is 237 g/mol. The van der Waals surface area contributed by atoms with Crippen LogP contribution in [0.1, 0.15) is 51.9 Å². The van der Waals surface area contributed by atoms with Crippen molar-refractivity contribution in [3.63, 3.8) is 0 Å². The van der Waals surface area contributed by atoms with E-state index >= 15 is 0 Å². The lowest BCUT2D eigenvalue weighted by Crippen LogP contribution is -2.39. The van der Waals surface area contributed by atoms with E-state index in [2.05, 4.69) is 12.2 Å². The third-order valence-corrected chi connectivity index (χ3v) is 3.35. The molecule has 2 unspecified atom stereocenters. The summed E-state index contributed by atoms with van der Waals surface area (Å²) in [6, 6.07) is 0.0808. The van der Waals surface area contributed by atoms with Gasteiger partial charge in [-0.25, -0.2) is 0 Å². The van der Waals surface area contributed by atoms with E-state index in [0.29, 0.717) is 12.8 Å². The Bertz CT molecular complexity index is 191. The first-order valence-corrected chi connectivity index (χ1v) is 6.34. The zero-order chi connectivity index (χ0) is 12.0. The molecule has 0 aromatic heterocycles. The van der Waals surface area contributed by atoms with E-state index < -0.39 is 12.1 Å². The number of hydrogen-bond acceptors (Lipinski definition) is 1. The minimum atomic E-state index is -4.00. The fourth-order valence-corrected chi connectivity index (χ4v) is 2.35. The molecule has 1 saturated carbocycles. The Kier molecular flexibility index (Phi) is 5.59. The summed E-state index contributed by atoms with van der Waals surface area (Å²) in [6.45, 7) is 2.99. The molecule has 0 heterocycles. The van der Waals surface area contributed by atoms with Gasteiger partial charge in [0.2, 0.25) is 0 Å². The highest BCUT2D eigenvalue weighted by atomic mass is 19.4. The van der Waals surface area contributed by atoms with Crippen LogP contribution in [-0.4, -0.2) is 18.8 Å². The van der Waals surface area contributed by atoms with Gasteiger partial charge in [-0.2, -0.15) is 13.2 Å². The average molecular weight is 237 g/mol.